The molecule has 1 fully saturated rings. The second-order valence-corrected chi connectivity index (χ2v) is 6.30. The number of nitrogen functional groups attached to an aromatic ring is 1. The van der Waals surface area contributed by atoms with E-state index in [1.54, 1.807) is 0 Å². The molecule has 0 radical (unpaired) electrons. The Balaban J connectivity index is 1.73. The summed E-state index contributed by atoms with van der Waals surface area (Å²) in [7, 11) is 0. The fraction of sp³-hybridized carbons (Fsp3) is 0.647. The maximum atomic E-state index is 6.16. The van der Waals surface area contributed by atoms with Crippen LogP contribution in [-0.2, 0) is 13.0 Å². The number of hydrogen-bond acceptors (Lipinski definition) is 2. The normalized spacial score (nSPS) is 28.1. The van der Waals surface area contributed by atoms with Crippen LogP contribution in [0.4, 0.5) is 5.69 Å². The topological polar surface area (TPSA) is 29.3 Å². The van der Waals surface area contributed by atoms with Crippen molar-refractivity contribution >= 4 is 5.69 Å². The Morgan fingerprint density at radius 1 is 1.32 bits per heavy atom. The molecular weight excluding hydrogens is 232 g/mol. The number of fused-ring (bicyclic) bond motifs is 1. The molecule has 104 valence electrons. The van der Waals surface area contributed by atoms with Gasteiger partial charge in [-0.3, -0.25) is 4.90 Å². The van der Waals surface area contributed by atoms with E-state index in [0.29, 0.717) is 0 Å². The molecule has 0 spiro atoms. The Morgan fingerprint density at radius 3 is 3.05 bits per heavy atom. The lowest BCUT2D eigenvalue weighted by Gasteiger charge is -2.40. The molecule has 19 heavy (non-hydrogen) atoms. The Hall–Kier alpha value is -1.02. The minimum atomic E-state index is 0.798. The monoisotopic (exact) mass is 258 g/mol. The lowest BCUT2D eigenvalue weighted by atomic mass is 9.82. The van der Waals surface area contributed by atoms with Crippen LogP contribution in [0.5, 0.6) is 0 Å². The third-order valence-corrected chi connectivity index (χ3v) is 5.19. The smallest absolute Gasteiger partial charge is 0.0362 e. The molecule has 0 amide bonds. The highest BCUT2D eigenvalue weighted by Gasteiger charge is 2.28. The first-order chi connectivity index (χ1) is 9.28. The third-order valence-electron chi connectivity index (χ3n) is 5.19. The molecule has 1 saturated carbocycles. The van der Waals surface area contributed by atoms with Gasteiger partial charge in [0.15, 0.2) is 0 Å². The summed E-state index contributed by atoms with van der Waals surface area (Å²) < 4.78 is 0. The molecule has 1 heterocycles. The van der Waals surface area contributed by atoms with Gasteiger partial charge in [0.1, 0.15) is 0 Å². The quantitative estimate of drug-likeness (QED) is 0.821. The highest BCUT2D eigenvalue weighted by atomic mass is 15.2. The average Bonchev–Trinajstić information content (AvgIpc) is 2.47. The van der Waals surface area contributed by atoms with Crippen molar-refractivity contribution in [2.75, 3.05) is 12.3 Å². The van der Waals surface area contributed by atoms with E-state index in [-0.39, 0.29) is 0 Å². The zero-order chi connectivity index (χ0) is 13.2. The summed E-state index contributed by atoms with van der Waals surface area (Å²) in [4.78, 5) is 2.69. The van der Waals surface area contributed by atoms with Gasteiger partial charge < -0.3 is 5.73 Å². The summed E-state index contributed by atoms with van der Waals surface area (Å²) in [5, 5.41) is 0. The lowest BCUT2D eigenvalue weighted by molar-refractivity contribution is 0.116. The van der Waals surface area contributed by atoms with Gasteiger partial charge in [0.05, 0.1) is 0 Å². The van der Waals surface area contributed by atoms with Crippen molar-refractivity contribution in [3.8, 4) is 0 Å². The maximum absolute atomic E-state index is 6.16. The molecule has 1 aromatic rings. The fourth-order valence-corrected chi connectivity index (χ4v) is 3.90. The first kappa shape index (κ1) is 13.0. The van der Waals surface area contributed by atoms with Gasteiger partial charge in [-0.1, -0.05) is 38.3 Å². The van der Waals surface area contributed by atoms with Gasteiger partial charge in [-0.15, -0.1) is 0 Å². The van der Waals surface area contributed by atoms with Crippen LogP contribution in [0.1, 0.15) is 50.2 Å². The lowest BCUT2D eigenvalue weighted by Crippen LogP contribution is -2.42. The van der Waals surface area contributed by atoms with E-state index in [2.05, 4.69) is 30.0 Å². The Morgan fingerprint density at radius 2 is 2.21 bits per heavy atom. The summed E-state index contributed by atoms with van der Waals surface area (Å²) >= 11 is 0. The molecule has 2 N–H and O–H groups in total. The Labute approximate surface area is 117 Å². The highest BCUT2D eigenvalue weighted by Crippen LogP contribution is 2.33. The molecule has 2 unspecified atom stereocenters. The van der Waals surface area contributed by atoms with Crippen LogP contribution in [0.3, 0.4) is 0 Å². The van der Waals surface area contributed by atoms with Crippen molar-refractivity contribution in [3.05, 3.63) is 29.3 Å². The number of benzene rings is 1. The van der Waals surface area contributed by atoms with Gasteiger partial charge in [-0.25, -0.2) is 0 Å². The first-order valence-corrected chi connectivity index (χ1v) is 7.88. The van der Waals surface area contributed by atoms with E-state index in [4.69, 9.17) is 5.73 Å². The molecule has 0 aromatic heterocycles. The van der Waals surface area contributed by atoms with Gasteiger partial charge in [-0.2, -0.15) is 0 Å². The van der Waals surface area contributed by atoms with Crippen molar-refractivity contribution in [3.63, 3.8) is 0 Å². The standard InChI is InChI=1S/C17H26N2/c1-2-13-5-3-7-15(11-13)19-10-9-14-6-4-8-17(18)16(14)12-19/h4,6,8,13,15H,2-3,5,7,9-12,18H2,1H3. The maximum Gasteiger partial charge on any atom is 0.0362 e. The molecule has 2 heteroatoms. The zero-order valence-corrected chi connectivity index (χ0v) is 12.1. The summed E-state index contributed by atoms with van der Waals surface area (Å²) in [6, 6.07) is 7.19. The Bertz CT molecular complexity index is 441. The van der Waals surface area contributed by atoms with Gasteiger partial charge >= 0.3 is 0 Å². The third kappa shape index (κ3) is 2.64. The molecule has 3 rings (SSSR count). The molecule has 1 aromatic carbocycles. The van der Waals surface area contributed by atoms with Crippen LogP contribution in [-0.4, -0.2) is 17.5 Å². The fourth-order valence-electron chi connectivity index (χ4n) is 3.90. The predicted octanol–water partition coefficient (Wildman–Crippen LogP) is 3.60. The average molecular weight is 258 g/mol. The number of rotatable bonds is 2. The van der Waals surface area contributed by atoms with Crippen LogP contribution in [0.25, 0.3) is 0 Å². The van der Waals surface area contributed by atoms with E-state index >= 15 is 0 Å². The van der Waals surface area contributed by atoms with Crippen LogP contribution < -0.4 is 5.73 Å². The number of hydrogen-bond donors (Lipinski definition) is 1. The van der Waals surface area contributed by atoms with Crippen LogP contribution in [0, 0.1) is 5.92 Å². The van der Waals surface area contributed by atoms with Crippen molar-refractivity contribution in [2.24, 2.45) is 5.92 Å². The Kier molecular flexibility index (Phi) is 3.79. The summed E-state index contributed by atoms with van der Waals surface area (Å²) in [5.74, 6) is 0.952. The van der Waals surface area contributed by atoms with E-state index in [9.17, 15) is 0 Å². The molecule has 2 atom stereocenters. The number of nitrogens with zero attached hydrogens (tertiary/aromatic N) is 1. The minimum absolute atomic E-state index is 0.798. The predicted molar refractivity (Wildman–Crippen MR) is 81.0 cm³/mol. The second-order valence-electron chi connectivity index (χ2n) is 6.30. The molecular formula is C17H26N2. The molecule has 1 aliphatic carbocycles. The summed E-state index contributed by atoms with van der Waals surface area (Å²) in [5.41, 5.74) is 10.0. The molecule has 1 aliphatic heterocycles. The van der Waals surface area contributed by atoms with Crippen LogP contribution in [0.15, 0.2) is 18.2 Å². The summed E-state index contributed by atoms with van der Waals surface area (Å²) in [6.45, 7) is 4.64. The highest BCUT2D eigenvalue weighted by molar-refractivity contribution is 5.51. The van der Waals surface area contributed by atoms with Crippen molar-refractivity contribution in [1.29, 1.82) is 0 Å². The number of anilines is 1. The largest absolute Gasteiger partial charge is 0.398 e. The van der Waals surface area contributed by atoms with Crippen molar-refractivity contribution < 1.29 is 0 Å². The van der Waals surface area contributed by atoms with E-state index in [1.165, 1.54) is 56.2 Å². The van der Waals surface area contributed by atoms with Gasteiger partial charge in [-0.05, 0) is 42.4 Å². The molecule has 2 nitrogen and oxygen atoms in total. The van der Waals surface area contributed by atoms with Crippen LogP contribution in [0.2, 0.25) is 0 Å². The van der Waals surface area contributed by atoms with E-state index in [0.717, 1.165) is 24.2 Å². The first-order valence-electron chi connectivity index (χ1n) is 7.88. The second kappa shape index (κ2) is 5.54. The zero-order valence-electron chi connectivity index (χ0n) is 12.1. The van der Waals surface area contributed by atoms with Crippen molar-refractivity contribution in [2.45, 2.75) is 58.0 Å². The molecule has 0 saturated heterocycles. The van der Waals surface area contributed by atoms with E-state index in [1.807, 2.05) is 0 Å². The molecule has 0 bridgehead atoms. The SMILES string of the molecule is CCC1CCCC(N2CCc3cccc(N)c3C2)C1. The van der Waals surface area contributed by atoms with Crippen molar-refractivity contribution in [1.82, 2.24) is 4.90 Å². The van der Waals surface area contributed by atoms with E-state index < -0.39 is 0 Å². The number of nitrogens with two attached hydrogens (primary N) is 1. The minimum Gasteiger partial charge on any atom is -0.398 e. The van der Waals surface area contributed by atoms with Gasteiger partial charge in [0.2, 0.25) is 0 Å². The van der Waals surface area contributed by atoms with Crippen LogP contribution >= 0.6 is 0 Å². The summed E-state index contributed by atoms with van der Waals surface area (Å²) in [6.07, 6.45) is 8.17. The van der Waals surface area contributed by atoms with Gasteiger partial charge in [0, 0.05) is 24.8 Å². The van der Waals surface area contributed by atoms with Gasteiger partial charge in [0.25, 0.3) is 0 Å². The molecule has 2 aliphatic rings.